The molecule has 1 heterocycles. The number of halogens is 1. The summed E-state index contributed by atoms with van der Waals surface area (Å²) in [6, 6.07) is 3.47. The van der Waals surface area contributed by atoms with Crippen molar-refractivity contribution in [3.63, 3.8) is 0 Å². The van der Waals surface area contributed by atoms with Crippen LogP contribution in [0, 0.1) is 0 Å². The first-order valence-corrected chi connectivity index (χ1v) is 8.74. The lowest BCUT2D eigenvalue weighted by Gasteiger charge is -2.35. The second-order valence-electron chi connectivity index (χ2n) is 7.05. The Kier molecular flexibility index (Phi) is 6.20. The van der Waals surface area contributed by atoms with E-state index in [0.717, 1.165) is 5.69 Å². The zero-order valence-electron chi connectivity index (χ0n) is 15.2. The molecule has 1 aromatic rings. The summed E-state index contributed by atoms with van der Waals surface area (Å²) >= 11 is 6.38. The normalized spacial score (nSPS) is 15.0. The summed E-state index contributed by atoms with van der Waals surface area (Å²) in [6.45, 7) is 7.36. The Hall–Kier alpha value is -2.19. The van der Waals surface area contributed by atoms with Crippen molar-refractivity contribution in [3.05, 3.63) is 22.7 Å². The summed E-state index contributed by atoms with van der Waals surface area (Å²) in [7, 11) is 0. The van der Waals surface area contributed by atoms with Crippen LogP contribution in [0.2, 0.25) is 5.02 Å². The van der Waals surface area contributed by atoms with Gasteiger partial charge >= 0.3 is 12.2 Å². The second-order valence-corrected chi connectivity index (χ2v) is 7.46. The molecule has 1 aromatic carbocycles. The lowest BCUT2D eigenvalue weighted by Crippen LogP contribution is -2.48. The molecule has 0 unspecified atom stereocenters. The average Bonchev–Trinajstić information content (AvgIpc) is 2.54. The molecule has 9 heteroatoms. The monoisotopic (exact) mass is 384 g/mol. The average molecular weight is 385 g/mol. The zero-order chi connectivity index (χ0) is 19.5. The molecule has 0 aliphatic carbocycles. The Labute approximate surface area is 157 Å². The standard InChI is InChI=1S/C17H25ClN4O4/c1-17(2,3)26-15(23)20-13-9-14(12(18)8-11(13)10-19)21-4-6-22(7-5-21)16(24)25/h8-9H,4-7,10,19H2,1-3H3,(H,20,23)(H,24,25). The number of anilines is 2. The first-order chi connectivity index (χ1) is 12.1. The van der Waals surface area contributed by atoms with Gasteiger partial charge in [0.05, 0.1) is 16.4 Å². The van der Waals surface area contributed by atoms with E-state index in [0.29, 0.717) is 42.5 Å². The Bertz CT molecular complexity index is 682. The van der Waals surface area contributed by atoms with Crippen LogP contribution >= 0.6 is 11.6 Å². The molecular weight excluding hydrogens is 360 g/mol. The highest BCUT2D eigenvalue weighted by molar-refractivity contribution is 6.33. The molecule has 1 aliphatic rings. The number of piperazine rings is 1. The zero-order valence-corrected chi connectivity index (χ0v) is 16.0. The molecule has 0 saturated carbocycles. The second kappa shape index (κ2) is 8.01. The molecule has 4 N–H and O–H groups in total. The third-order valence-electron chi connectivity index (χ3n) is 3.92. The molecule has 2 amide bonds. The van der Waals surface area contributed by atoms with Gasteiger partial charge in [-0.1, -0.05) is 11.6 Å². The van der Waals surface area contributed by atoms with Gasteiger partial charge in [-0.05, 0) is 38.5 Å². The van der Waals surface area contributed by atoms with Gasteiger partial charge in [0, 0.05) is 32.7 Å². The van der Waals surface area contributed by atoms with Gasteiger partial charge in [-0.15, -0.1) is 0 Å². The van der Waals surface area contributed by atoms with Crippen molar-refractivity contribution >= 4 is 35.2 Å². The highest BCUT2D eigenvalue weighted by Crippen LogP contribution is 2.33. The van der Waals surface area contributed by atoms with E-state index in [2.05, 4.69) is 5.32 Å². The van der Waals surface area contributed by atoms with Crippen LogP contribution in [0.5, 0.6) is 0 Å². The maximum absolute atomic E-state index is 12.1. The van der Waals surface area contributed by atoms with Crippen molar-refractivity contribution in [3.8, 4) is 0 Å². The third kappa shape index (κ3) is 5.15. The fraction of sp³-hybridized carbons (Fsp3) is 0.529. The highest BCUT2D eigenvalue weighted by Gasteiger charge is 2.23. The summed E-state index contributed by atoms with van der Waals surface area (Å²) in [5, 5.41) is 12.3. The lowest BCUT2D eigenvalue weighted by atomic mass is 10.1. The van der Waals surface area contributed by atoms with Crippen LogP contribution in [0.3, 0.4) is 0 Å². The van der Waals surface area contributed by atoms with Crippen molar-refractivity contribution in [1.82, 2.24) is 4.90 Å². The van der Waals surface area contributed by atoms with Crippen molar-refractivity contribution in [2.45, 2.75) is 32.9 Å². The number of nitrogens with two attached hydrogens (primary N) is 1. The van der Waals surface area contributed by atoms with E-state index in [1.807, 2.05) is 4.90 Å². The van der Waals surface area contributed by atoms with Gasteiger partial charge in [-0.25, -0.2) is 9.59 Å². The number of carboxylic acid groups (broad SMARTS) is 1. The van der Waals surface area contributed by atoms with Crippen LogP contribution in [0.4, 0.5) is 21.0 Å². The van der Waals surface area contributed by atoms with E-state index < -0.39 is 17.8 Å². The Balaban J connectivity index is 2.20. The molecule has 8 nitrogen and oxygen atoms in total. The lowest BCUT2D eigenvalue weighted by molar-refractivity contribution is 0.0635. The molecule has 0 bridgehead atoms. The smallest absolute Gasteiger partial charge is 0.412 e. The number of hydrogen-bond donors (Lipinski definition) is 3. The molecule has 0 aromatic heterocycles. The number of carbonyl (C=O) groups is 2. The molecule has 2 rings (SSSR count). The number of amides is 2. The van der Waals surface area contributed by atoms with E-state index >= 15 is 0 Å². The summed E-state index contributed by atoms with van der Waals surface area (Å²) in [5.41, 5.74) is 7.09. The maximum atomic E-state index is 12.1. The predicted octanol–water partition coefficient (Wildman–Crippen LogP) is 2.95. The largest absolute Gasteiger partial charge is 0.465 e. The first-order valence-electron chi connectivity index (χ1n) is 8.36. The minimum atomic E-state index is -0.929. The van der Waals surface area contributed by atoms with Crippen LogP contribution in [0.25, 0.3) is 0 Å². The van der Waals surface area contributed by atoms with Crippen LogP contribution in [-0.4, -0.2) is 54.0 Å². The number of ether oxygens (including phenoxy) is 1. The van der Waals surface area contributed by atoms with Gasteiger partial charge in [0.15, 0.2) is 0 Å². The SMILES string of the molecule is CC(C)(C)OC(=O)Nc1cc(N2CCN(C(=O)O)CC2)c(Cl)cc1CN. The number of hydrogen-bond acceptors (Lipinski definition) is 5. The van der Waals surface area contributed by atoms with Crippen LogP contribution in [0.15, 0.2) is 12.1 Å². The summed E-state index contributed by atoms with van der Waals surface area (Å²) in [4.78, 5) is 26.5. The molecule has 1 aliphatic heterocycles. The first kappa shape index (κ1) is 20.1. The summed E-state index contributed by atoms with van der Waals surface area (Å²) < 4.78 is 5.29. The van der Waals surface area contributed by atoms with E-state index in [4.69, 9.17) is 27.2 Å². The van der Waals surface area contributed by atoms with Gasteiger partial charge in [-0.2, -0.15) is 0 Å². The summed E-state index contributed by atoms with van der Waals surface area (Å²) in [5.74, 6) is 0. The van der Waals surface area contributed by atoms with Gasteiger partial charge in [0.1, 0.15) is 5.60 Å². The van der Waals surface area contributed by atoms with E-state index in [1.165, 1.54) is 4.90 Å². The fourth-order valence-electron chi connectivity index (χ4n) is 2.68. The molecule has 26 heavy (non-hydrogen) atoms. The predicted molar refractivity (Wildman–Crippen MR) is 101 cm³/mol. The van der Waals surface area contributed by atoms with Crippen molar-refractivity contribution in [1.29, 1.82) is 0 Å². The Morgan fingerprint density at radius 2 is 1.88 bits per heavy atom. The summed E-state index contributed by atoms with van der Waals surface area (Å²) in [6.07, 6.45) is -1.50. The number of carbonyl (C=O) groups excluding carboxylic acids is 1. The maximum Gasteiger partial charge on any atom is 0.412 e. The molecule has 1 fully saturated rings. The third-order valence-corrected chi connectivity index (χ3v) is 4.22. The van der Waals surface area contributed by atoms with Crippen LogP contribution < -0.4 is 16.0 Å². The molecule has 1 saturated heterocycles. The number of nitrogens with one attached hydrogen (secondary N) is 1. The van der Waals surface area contributed by atoms with Crippen LogP contribution in [-0.2, 0) is 11.3 Å². The van der Waals surface area contributed by atoms with E-state index in [9.17, 15) is 9.59 Å². The van der Waals surface area contributed by atoms with E-state index in [1.54, 1.807) is 32.9 Å². The minimum absolute atomic E-state index is 0.206. The van der Waals surface area contributed by atoms with Crippen molar-refractivity contribution in [2.24, 2.45) is 5.73 Å². The topological polar surface area (TPSA) is 108 Å². The van der Waals surface area contributed by atoms with Gasteiger partial charge in [0.2, 0.25) is 0 Å². The Morgan fingerprint density at radius 3 is 2.38 bits per heavy atom. The number of benzene rings is 1. The Morgan fingerprint density at radius 1 is 1.27 bits per heavy atom. The highest BCUT2D eigenvalue weighted by atomic mass is 35.5. The molecular formula is C17H25ClN4O4. The van der Waals surface area contributed by atoms with Crippen molar-refractivity contribution < 1.29 is 19.4 Å². The molecule has 0 spiro atoms. The van der Waals surface area contributed by atoms with Gasteiger partial charge in [0.25, 0.3) is 0 Å². The van der Waals surface area contributed by atoms with Gasteiger partial charge < -0.3 is 25.4 Å². The molecule has 144 valence electrons. The fourth-order valence-corrected chi connectivity index (χ4v) is 2.99. The quantitative estimate of drug-likeness (QED) is 0.739. The number of nitrogens with zero attached hydrogens (tertiary/aromatic N) is 2. The molecule has 0 atom stereocenters. The molecule has 0 radical (unpaired) electrons. The minimum Gasteiger partial charge on any atom is -0.465 e. The van der Waals surface area contributed by atoms with Crippen LogP contribution in [0.1, 0.15) is 26.3 Å². The van der Waals surface area contributed by atoms with E-state index in [-0.39, 0.29) is 6.54 Å². The van der Waals surface area contributed by atoms with Crippen molar-refractivity contribution in [2.75, 3.05) is 36.4 Å². The van der Waals surface area contributed by atoms with Gasteiger partial charge in [-0.3, -0.25) is 5.32 Å². The number of rotatable bonds is 3.